The first-order valence-corrected chi connectivity index (χ1v) is 7.62. The molecule has 0 spiro atoms. The monoisotopic (exact) mass is 317 g/mol. The van der Waals surface area contributed by atoms with Crippen molar-refractivity contribution in [3.8, 4) is 0 Å². The second kappa shape index (κ2) is 6.84. The SMILES string of the molecule is O=[N+]([O-])c1cnn(CC(O)CN2CCCC2c2ccncc2)c1. The molecule has 2 unspecified atom stereocenters. The second-order valence-electron chi connectivity index (χ2n) is 5.77. The van der Waals surface area contributed by atoms with Gasteiger partial charge in [0.2, 0.25) is 0 Å². The fourth-order valence-corrected chi connectivity index (χ4v) is 3.10. The van der Waals surface area contributed by atoms with E-state index in [1.165, 1.54) is 22.6 Å². The van der Waals surface area contributed by atoms with Crippen LogP contribution in [0.3, 0.4) is 0 Å². The predicted octanol–water partition coefficient (Wildman–Crippen LogP) is 1.38. The molecule has 0 saturated carbocycles. The number of aliphatic hydroxyl groups is 1. The van der Waals surface area contributed by atoms with E-state index in [9.17, 15) is 15.2 Å². The van der Waals surface area contributed by atoms with Crippen LogP contribution in [0.25, 0.3) is 0 Å². The summed E-state index contributed by atoms with van der Waals surface area (Å²) >= 11 is 0. The lowest BCUT2D eigenvalue weighted by molar-refractivity contribution is -0.385. The lowest BCUT2D eigenvalue weighted by atomic mass is 10.1. The van der Waals surface area contributed by atoms with Gasteiger partial charge in [0.25, 0.3) is 0 Å². The van der Waals surface area contributed by atoms with Crippen LogP contribution < -0.4 is 0 Å². The lowest BCUT2D eigenvalue weighted by Crippen LogP contribution is -2.34. The second-order valence-corrected chi connectivity index (χ2v) is 5.77. The normalized spacial score (nSPS) is 19.8. The molecule has 2 atom stereocenters. The molecule has 0 aliphatic carbocycles. The molecular weight excluding hydrogens is 298 g/mol. The number of nitrogens with zero attached hydrogens (tertiary/aromatic N) is 5. The average molecular weight is 317 g/mol. The quantitative estimate of drug-likeness (QED) is 0.638. The van der Waals surface area contributed by atoms with Gasteiger partial charge >= 0.3 is 5.69 Å². The average Bonchev–Trinajstić information content (AvgIpc) is 3.17. The van der Waals surface area contributed by atoms with E-state index < -0.39 is 11.0 Å². The van der Waals surface area contributed by atoms with Gasteiger partial charge in [-0.1, -0.05) is 0 Å². The summed E-state index contributed by atoms with van der Waals surface area (Å²) in [7, 11) is 0. The number of hydrogen-bond donors (Lipinski definition) is 1. The summed E-state index contributed by atoms with van der Waals surface area (Å²) in [5.41, 5.74) is 1.15. The Morgan fingerprint density at radius 2 is 2.17 bits per heavy atom. The summed E-state index contributed by atoms with van der Waals surface area (Å²) in [6, 6.07) is 4.30. The maximum Gasteiger partial charge on any atom is 0.306 e. The zero-order valence-electron chi connectivity index (χ0n) is 12.7. The number of aliphatic hydroxyl groups excluding tert-OH is 1. The molecule has 1 saturated heterocycles. The van der Waals surface area contributed by atoms with E-state index in [1.54, 1.807) is 12.4 Å². The molecule has 2 aromatic rings. The Balaban J connectivity index is 1.60. The van der Waals surface area contributed by atoms with Gasteiger partial charge in [0, 0.05) is 25.0 Å². The van der Waals surface area contributed by atoms with Crippen LogP contribution in [0.15, 0.2) is 36.9 Å². The predicted molar refractivity (Wildman–Crippen MR) is 82.7 cm³/mol. The van der Waals surface area contributed by atoms with Crippen molar-refractivity contribution in [1.29, 1.82) is 0 Å². The first kappa shape index (κ1) is 15.6. The molecule has 23 heavy (non-hydrogen) atoms. The van der Waals surface area contributed by atoms with Crippen LogP contribution >= 0.6 is 0 Å². The number of nitro groups is 1. The number of hydrogen-bond acceptors (Lipinski definition) is 6. The summed E-state index contributed by atoms with van der Waals surface area (Å²) in [4.78, 5) is 16.5. The Bertz CT molecular complexity index is 660. The molecular formula is C15H19N5O3. The lowest BCUT2D eigenvalue weighted by Gasteiger charge is -2.27. The van der Waals surface area contributed by atoms with E-state index >= 15 is 0 Å². The number of rotatable bonds is 6. The van der Waals surface area contributed by atoms with E-state index in [2.05, 4.69) is 15.0 Å². The Kier molecular flexibility index (Phi) is 4.63. The van der Waals surface area contributed by atoms with Crippen molar-refractivity contribution in [2.24, 2.45) is 0 Å². The van der Waals surface area contributed by atoms with Crippen molar-refractivity contribution in [3.05, 3.63) is 52.6 Å². The molecule has 8 nitrogen and oxygen atoms in total. The van der Waals surface area contributed by atoms with Gasteiger partial charge in [-0.05, 0) is 37.1 Å². The van der Waals surface area contributed by atoms with E-state index in [0.717, 1.165) is 19.4 Å². The topological polar surface area (TPSA) is 97.3 Å². The Morgan fingerprint density at radius 3 is 2.87 bits per heavy atom. The van der Waals surface area contributed by atoms with E-state index in [-0.39, 0.29) is 12.2 Å². The van der Waals surface area contributed by atoms with Gasteiger partial charge in [-0.25, -0.2) is 0 Å². The molecule has 122 valence electrons. The highest BCUT2D eigenvalue weighted by atomic mass is 16.6. The van der Waals surface area contributed by atoms with Crippen LogP contribution in [0.4, 0.5) is 5.69 Å². The third-order valence-corrected chi connectivity index (χ3v) is 4.13. The van der Waals surface area contributed by atoms with Crippen LogP contribution in [-0.2, 0) is 6.54 Å². The fourth-order valence-electron chi connectivity index (χ4n) is 3.10. The number of pyridine rings is 1. The number of likely N-dealkylation sites (tertiary alicyclic amines) is 1. The van der Waals surface area contributed by atoms with Crippen molar-refractivity contribution in [3.63, 3.8) is 0 Å². The summed E-state index contributed by atoms with van der Waals surface area (Å²) in [6.45, 7) is 1.69. The number of β-amino-alcohol motifs (C(OH)–C–C–N with tert-alkyl or cyclic N) is 1. The summed E-state index contributed by atoms with van der Waals surface area (Å²) in [5.74, 6) is 0. The van der Waals surface area contributed by atoms with Gasteiger partial charge in [-0.2, -0.15) is 5.10 Å². The van der Waals surface area contributed by atoms with Crippen LogP contribution in [0, 0.1) is 10.1 Å². The standard InChI is InChI=1S/C15H19N5O3/c21-14(11-19-9-13(8-17-19)20(22)23)10-18-7-1-2-15(18)12-3-5-16-6-4-12/h3-6,8-9,14-15,21H,1-2,7,10-11H2. The molecule has 0 aromatic carbocycles. The highest BCUT2D eigenvalue weighted by Crippen LogP contribution is 2.31. The Labute approximate surface area is 133 Å². The van der Waals surface area contributed by atoms with Gasteiger partial charge in [0.15, 0.2) is 0 Å². The van der Waals surface area contributed by atoms with Gasteiger partial charge in [-0.15, -0.1) is 0 Å². The summed E-state index contributed by atoms with van der Waals surface area (Å²) < 4.78 is 1.42. The first-order chi connectivity index (χ1) is 11.1. The Morgan fingerprint density at radius 1 is 1.39 bits per heavy atom. The molecule has 1 aliphatic rings. The highest BCUT2D eigenvalue weighted by molar-refractivity contribution is 5.20. The minimum Gasteiger partial charge on any atom is -0.390 e. The maximum absolute atomic E-state index is 10.7. The summed E-state index contributed by atoms with van der Waals surface area (Å²) in [6.07, 6.45) is 7.63. The molecule has 1 fully saturated rings. The van der Waals surface area contributed by atoms with Crippen molar-refractivity contribution < 1.29 is 10.0 Å². The van der Waals surface area contributed by atoms with Crippen LogP contribution in [0.1, 0.15) is 24.4 Å². The van der Waals surface area contributed by atoms with Crippen LogP contribution in [0.5, 0.6) is 0 Å². The van der Waals surface area contributed by atoms with E-state index in [0.29, 0.717) is 12.6 Å². The molecule has 3 rings (SSSR count). The number of aromatic nitrogens is 3. The molecule has 1 aliphatic heterocycles. The van der Waals surface area contributed by atoms with Gasteiger partial charge in [0.1, 0.15) is 12.4 Å². The Hall–Kier alpha value is -2.32. The minimum absolute atomic E-state index is 0.0620. The first-order valence-electron chi connectivity index (χ1n) is 7.62. The zero-order chi connectivity index (χ0) is 16.2. The van der Waals surface area contributed by atoms with E-state index in [1.807, 2.05) is 12.1 Å². The minimum atomic E-state index is -0.628. The van der Waals surface area contributed by atoms with Crippen molar-refractivity contribution in [1.82, 2.24) is 19.7 Å². The molecule has 1 N–H and O–H groups in total. The summed E-state index contributed by atoms with van der Waals surface area (Å²) in [5, 5.41) is 24.9. The molecule has 0 bridgehead atoms. The largest absolute Gasteiger partial charge is 0.390 e. The van der Waals surface area contributed by atoms with Crippen LogP contribution in [-0.4, -0.2) is 48.9 Å². The van der Waals surface area contributed by atoms with Crippen LogP contribution in [0.2, 0.25) is 0 Å². The maximum atomic E-state index is 10.7. The molecule has 0 radical (unpaired) electrons. The fraction of sp³-hybridized carbons (Fsp3) is 0.467. The third kappa shape index (κ3) is 3.72. The molecule has 0 amide bonds. The highest BCUT2D eigenvalue weighted by Gasteiger charge is 2.27. The zero-order valence-corrected chi connectivity index (χ0v) is 12.7. The van der Waals surface area contributed by atoms with Gasteiger partial charge < -0.3 is 5.11 Å². The molecule has 2 aromatic heterocycles. The van der Waals surface area contributed by atoms with Gasteiger partial charge in [0.05, 0.1) is 17.6 Å². The van der Waals surface area contributed by atoms with Crippen molar-refractivity contribution >= 4 is 5.69 Å². The van der Waals surface area contributed by atoms with E-state index in [4.69, 9.17) is 0 Å². The smallest absolute Gasteiger partial charge is 0.306 e. The van der Waals surface area contributed by atoms with Crippen molar-refractivity contribution in [2.45, 2.75) is 31.5 Å². The van der Waals surface area contributed by atoms with Crippen molar-refractivity contribution in [2.75, 3.05) is 13.1 Å². The molecule has 8 heteroatoms. The third-order valence-electron chi connectivity index (χ3n) is 4.13. The molecule has 3 heterocycles. The van der Waals surface area contributed by atoms with Gasteiger partial charge in [-0.3, -0.25) is 24.7 Å².